The zero-order valence-corrected chi connectivity index (χ0v) is 10.9. The minimum atomic E-state index is -4.69. The molecule has 106 valence electrons. The van der Waals surface area contributed by atoms with Crippen LogP contribution in [0.25, 0.3) is 0 Å². The van der Waals surface area contributed by atoms with E-state index < -0.39 is 6.36 Å². The summed E-state index contributed by atoms with van der Waals surface area (Å²) in [5, 5.41) is 3.39. The molecule has 0 aliphatic rings. The van der Waals surface area contributed by atoms with Crippen molar-refractivity contribution in [1.82, 2.24) is 4.98 Å². The predicted molar refractivity (Wildman–Crippen MR) is 69.7 cm³/mol. The van der Waals surface area contributed by atoms with Crippen LogP contribution in [0.3, 0.4) is 0 Å². The third-order valence-electron chi connectivity index (χ3n) is 2.36. The fourth-order valence-corrected chi connectivity index (χ4v) is 1.65. The largest absolute Gasteiger partial charge is 0.573 e. The molecule has 1 aromatic heterocycles. The van der Waals surface area contributed by atoms with Crippen LogP contribution in [0, 0.1) is 0 Å². The van der Waals surface area contributed by atoms with Gasteiger partial charge >= 0.3 is 6.36 Å². The van der Waals surface area contributed by atoms with Gasteiger partial charge in [-0.05, 0) is 29.8 Å². The van der Waals surface area contributed by atoms with Crippen LogP contribution in [-0.4, -0.2) is 11.3 Å². The van der Waals surface area contributed by atoms with E-state index >= 15 is 0 Å². The molecular formula is C13H10ClF3N2O. The quantitative estimate of drug-likeness (QED) is 0.858. The van der Waals surface area contributed by atoms with Gasteiger partial charge in [0.05, 0.1) is 11.9 Å². The molecule has 1 aromatic carbocycles. The Hall–Kier alpha value is -1.95. The first-order chi connectivity index (χ1) is 9.42. The summed E-state index contributed by atoms with van der Waals surface area (Å²) < 4.78 is 40.2. The first-order valence-electron chi connectivity index (χ1n) is 5.62. The van der Waals surface area contributed by atoms with Crippen molar-refractivity contribution in [2.75, 3.05) is 5.32 Å². The van der Waals surface area contributed by atoms with E-state index in [4.69, 9.17) is 11.6 Å². The van der Waals surface area contributed by atoms with Crippen molar-refractivity contribution in [2.24, 2.45) is 0 Å². The third kappa shape index (κ3) is 4.62. The molecule has 2 aromatic rings. The van der Waals surface area contributed by atoms with Crippen LogP contribution in [0.5, 0.6) is 5.75 Å². The monoisotopic (exact) mass is 302 g/mol. The number of nitrogens with zero attached hydrogens (tertiary/aromatic N) is 1. The molecule has 0 radical (unpaired) electrons. The van der Waals surface area contributed by atoms with E-state index in [0.717, 1.165) is 5.69 Å². The van der Waals surface area contributed by atoms with Crippen LogP contribution in [0.1, 0.15) is 5.56 Å². The molecular weight excluding hydrogens is 293 g/mol. The SMILES string of the molecule is FC(F)(F)Oc1cccc(CNc2ccc(Cl)nc2)c1. The number of hydrogen-bond donors (Lipinski definition) is 1. The van der Waals surface area contributed by atoms with Crippen LogP contribution in [0.4, 0.5) is 18.9 Å². The summed E-state index contributed by atoms with van der Waals surface area (Å²) in [6.07, 6.45) is -3.15. The van der Waals surface area contributed by atoms with Crippen LogP contribution in [0.15, 0.2) is 42.6 Å². The number of ether oxygens (including phenoxy) is 1. The van der Waals surface area contributed by atoms with E-state index in [1.165, 1.54) is 18.2 Å². The molecule has 0 spiro atoms. The fraction of sp³-hybridized carbons (Fsp3) is 0.154. The standard InChI is InChI=1S/C13H10ClF3N2O/c14-12-5-4-10(8-19-12)18-7-9-2-1-3-11(6-9)20-13(15,16)17/h1-6,8,18H,7H2. The highest BCUT2D eigenvalue weighted by atomic mass is 35.5. The van der Waals surface area contributed by atoms with Crippen molar-refractivity contribution >= 4 is 17.3 Å². The normalized spacial score (nSPS) is 11.2. The number of pyridine rings is 1. The predicted octanol–water partition coefficient (Wildman–Crippen LogP) is 4.25. The molecule has 0 saturated carbocycles. The summed E-state index contributed by atoms with van der Waals surface area (Å²) in [5.41, 5.74) is 1.37. The Morgan fingerprint density at radius 1 is 1.20 bits per heavy atom. The lowest BCUT2D eigenvalue weighted by molar-refractivity contribution is -0.274. The van der Waals surface area contributed by atoms with E-state index in [2.05, 4.69) is 15.0 Å². The van der Waals surface area contributed by atoms with Gasteiger partial charge < -0.3 is 10.1 Å². The summed E-state index contributed by atoms with van der Waals surface area (Å²) in [7, 11) is 0. The minimum absolute atomic E-state index is 0.244. The molecule has 0 saturated heterocycles. The lowest BCUT2D eigenvalue weighted by Gasteiger charge is -2.11. The minimum Gasteiger partial charge on any atom is -0.406 e. The second-order valence-corrected chi connectivity index (χ2v) is 4.31. The van der Waals surface area contributed by atoms with E-state index in [0.29, 0.717) is 17.3 Å². The highest BCUT2D eigenvalue weighted by Crippen LogP contribution is 2.23. The van der Waals surface area contributed by atoms with Crippen molar-refractivity contribution in [3.05, 3.63) is 53.3 Å². The number of anilines is 1. The number of benzene rings is 1. The van der Waals surface area contributed by atoms with Gasteiger partial charge in [-0.2, -0.15) is 0 Å². The van der Waals surface area contributed by atoms with E-state index in [9.17, 15) is 13.2 Å². The number of rotatable bonds is 4. The van der Waals surface area contributed by atoms with Gasteiger partial charge in [-0.3, -0.25) is 0 Å². The first-order valence-corrected chi connectivity index (χ1v) is 6.00. The van der Waals surface area contributed by atoms with Gasteiger partial charge in [-0.25, -0.2) is 4.98 Å². The topological polar surface area (TPSA) is 34.1 Å². The van der Waals surface area contributed by atoms with E-state index in [1.54, 1.807) is 24.4 Å². The van der Waals surface area contributed by atoms with Gasteiger partial charge in [-0.1, -0.05) is 23.7 Å². The molecule has 0 bridgehead atoms. The van der Waals surface area contributed by atoms with Crippen LogP contribution >= 0.6 is 11.6 Å². The van der Waals surface area contributed by atoms with Crippen molar-refractivity contribution in [3.63, 3.8) is 0 Å². The lowest BCUT2D eigenvalue weighted by Crippen LogP contribution is -2.17. The number of halogens is 4. The molecule has 0 amide bonds. The second kappa shape index (κ2) is 6.00. The molecule has 0 unspecified atom stereocenters. The van der Waals surface area contributed by atoms with Crippen LogP contribution < -0.4 is 10.1 Å². The van der Waals surface area contributed by atoms with E-state index in [1.807, 2.05) is 0 Å². The van der Waals surface area contributed by atoms with Gasteiger partial charge in [0.25, 0.3) is 0 Å². The molecule has 1 heterocycles. The van der Waals surface area contributed by atoms with E-state index in [-0.39, 0.29) is 5.75 Å². The van der Waals surface area contributed by atoms with Gasteiger partial charge in [0.15, 0.2) is 0 Å². The molecule has 20 heavy (non-hydrogen) atoms. The Balaban J connectivity index is 1.99. The average molecular weight is 303 g/mol. The molecule has 0 fully saturated rings. The van der Waals surface area contributed by atoms with Gasteiger partial charge in [0.1, 0.15) is 10.9 Å². The molecule has 0 aliphatic heterocycles. The fourth-order valence-electron chi connectivity index (χ4n) is 1.54. The lowest BCUT2D eigenvalue weighted by atomic mass is 10.2. The smallest absolute Gasteiger partial charge is 0.406 e. The number of nitrogens with one attached hydrogen (secondary N) is 1. The molecule has 7 heteroatoms. The molecule has 2 rings (SSSR count). The Bertz CT molecular complexity index is 573. The van der Waals surface area contributed by atoms with Crippen LogP contribution in [0.2, 0.25) is 5.15 Å². The van der Waals surface area contributed by atoms with Gasteiger partial charge in [-0.15, -0.1) is 13.2 Å². The molecule has 0 aliphatic carbocycles. The Morgan fingerprint density at radius 2 is 2.00 bits per heavy atom. The van der Waals surface area contributed by atoms with Gasteiger partial charge in [0, 0.05) is 6.54 Å². The van der Waals surface area contributed by atoms with Crippen molar-refractivity contribution in [1.29, 1.82) is 0 Å². The van der Waals surface area contributed by atoms with Crippen molar-refractivity contribution in [3.8, 4) is 5.75 Å². The first kappa shape index (κ1) is 14.5. The summed E-state index contributed by atoms with van der Waals surface area (Å²) in [6.45, 7) is 0.346. The molecule has 0 atom stereocenters. The van der Waals surface area contributed by atoms with Crippen molar-refractivity contribution < 1.29 is 17.9 Å². The zero-order chi connectivity index (χ0) is 14.6. The number of alkyl halides is 3. The summed E-state index contributed by atoms with van der Waals surface area (Å²) in [6, 6.07) is 9.11. The number of hydrogen-bond acceptors (Lipinski definition) is 3. The Morgan fingerprint density at radius 3 is 2.65 bits per heavy atom. The zero-order valence-electron chi connectivity index (χ0n) is 10.1. The maximum absolute atomic E-state index is 12.1. The Labute approximate surface area is 118 Å². The van der Waals surface area contributed by atoms with Gasteiger partial charge in [0.2, 0.25) is 0 Å². The average Bonchev–Trinajstić information content (AvgIpc) is 2.36. The number of aromatic nitrogens is 1. The summed E-state index contributed by atoms with van der Waals surface area (Å²) in [4.78, 5) is 3.89. The maximum Gasteiger partial charge on any atom is 0.573 e. The van der Waals surface area contributed by atoms with Crippen LogP contribution in [-0.2, 0) is 6.54 Å². The molecule has 1 N–H and O–H groups in total. The molecule has 3 nitrogen and oxygen atoms in total. The Kier molecular flexibility index (Phi) is 4.34. The summed E-state index contributed by atoms with van der Waals surface area (Å²) >= 11 is 5.65. The highest BCUT2D eigenvalue weighted by molar-refractivity contribution is 6.29. The van der Waals surface area contributed by atoms with Crippen molar-refractivity contribution in [2.45, 2.75) is 12.9 Å². The summed E-state index contributed by atoms with van der Waals surface area (Å²) in [5.74, 6) is -0.244. The highest BCUT2D eigenvalue weighted by Gasteiger charge is 2.31. The second-order valence-electron chi connectivity index (χ2n) is 3.92. The maximum atomic E-state index is 12.1. The third-order valence-corrected chi connectivity index (χ3v) is 2.58.